The number of nitrogens with zero attached hydrogens (tertiary/aromatic N) is 4. The van der Waals surface area contributed by atoms with Crippen molar-refractivity contribution < 1.29 is 4.42 Å². The molecule has 0 aliphatic carbocycles. The average molecular weight is 633 g/mol. The number of benzene rings is 6. The highest BCUT2D eigenvalue weighted by atomic mass is 32.1. The summed E-state index contributed by atoms with van der Waals surface area (Å²) in [5.74, 6) is 1.76. The minimum atomic E-state index is 0.548. The van der Waals surface area contributed by atoms with Crippen LogP contribution in [0.25, 0.3) is 98.2 Å². The van der Waals surface area contributed by atoms with Crippen LogP contribution in [0.4, 0.5) is 0 Å². The molecule has 0 N–H and O–H groups in total. The standard InChI is InChI=1S/C42H24N4OS/c1-3-11-25(12-4-1)40-44-41(26-13-5-2-6-14-26)46-42(45-40)33-23-43-24-34-37(33)31-19-9-18-30(39(31)47-34)29-17-10-20-35-38(29)32-21-27-15-7-8-16-28(27)22-36(32)48-35/h1-24H. The minimum absolute atomic E-state index is 0.548. The number of rotatable bonds is 4. The zero-order chi connectivity index (χ0) is 31.6. The molecule has 4 heterocycles. The van der Waals surface area contributed by atoms with Gasteiger partial charge in [-0.05, 0) is 34.5 Å². The molecule has 0 aliphatic heterocycles. The fraction of sp³-hybridized carbons (Fsp3) is 0. The molecule has 48 heavy (non-hydrogen) atoms. The van der Waals surface area contributed by atoms with Crippen LogP contribution >= 0.6 is 11.3 Å². The lowest BCUT2D eigenvalue weighted by molar-refractivity contribution is 0.668. The van der Waals surface area contributed by atoms with Gasteiger partial charge < -0.3 is 4.42 Å². The van der Waals surface area contributed by atoms with Crippen LogP contribution in [0.15, 0.2) is 150 Å². The average Bonchev–Trinajstić information content (AvgIpc) is 3.72. The van der Waals surface area contributed by atoms with E-state index in [0.717, 1.165) is 44.2 Å². The maximum Gasteiger partial charge on any atom is 0.166 e. The van der Waals surface area contributed by atoms with Gasteiger partial charge in [0.25, 0.3) is 0 Å². The first-order valence-corrected chi connectivity index (χ1v) is 16.6. The Balaban J connectivity index is 1.22. The molecular formula is C42H24N4OS. The molecule has 0 radical (unpaired) electrons. The molecule has 5 nitrogen and oxygen atoms in total. The van der Waals surface area contributed by atoms with Gasteiger partial charge in [-0.2, -0.15) is 0 Å². The van der Waals surface area contributed by atoms with Crippen LogP contribution < -0.4 is 0 Å². The highest BCUT2D eigenvalue weighted by molar-refractivity contribution is 7.26. The van der Waals surface area contributed by atoms with E-state index in [1.807, 2.05) is 78.2 Å². The van der Waals surface area contributed by atoms with Gasteiger partial charge in [0, 0.05) is 59.4 Å². The highest BCUT2D eigenvalue weighted by Gasteiger charge is 2.21. The van der Waals surface area contributed by atoms with Gasteiger partial charge >= 0.3 is 0 Å². The van der Waals surface area contributed by atoms with Crippen molar-refractivity contribution in [3.8, 4) is 45.3 Å². The van der Waals surface area contributed by atoms with Gasteiger partial charge in [-0.25, -0.2) is 15.0 Å². The van der Waals surface area contributed by atoms with Crippen molar-refractivity contribution in [3.05, 3.63) is 146 Å². The van der Waals surface area contributed by atoms with Crippen molar-refractivity contribution in [2.24, 2.45) is 0 Å². The van der Waals surface area contributed by atoms with Gasteiger partial charge in [-0.3, -0.25) is 4.98 Å². The van der Waals surface area contributed by atoms with E-state index in [4.69, 9.17) is 19.4 Å². The molecule has 10 rings (SSSR count). The van der Waals surface area contributed by atoms with Crippen LogP contribution in [0.2, 0.25) is 0 Å². The second-order valence-corrected chi connectivity index (χ2v) is 12.9. The molecule has 6 heteroatoms. The molecular weight excluding hydrogens is 609 g/mol. The first kappa shape index (κ1) is 26.9. The number of hydrogen-bond donors (Lipinski definition) is 0. The molecule has 0 bridgehead atoms. The van der Waals surface area contributed by atoms with E-state index < -0.39 is 0 Å². The van der Waals surface area contributed by atoms with E-state index >= 15 is 0 Å². The van der Waals surface area contributed by atoms with Crippen LogP contribution in [0.1, 0.15) is 0 Å². The topological polar surface area (TPSA) is 64.7 Å². The maximum absolute atomic E-state index is 6.71. The Bertz CT molecular complexity index is 2780. The quantitative estimate of drug-likeness (QED) is 0.193. The lowest BCUT2D eigenvalue weighted by Crippen LogP contribution is -2.00. The Morgan fingerprint density at radius 2 is 1.10 bits per heavy atom. The second kappa shape index (κ2) is 10.7. The first-order chi connectivity index (χ1) is 23.8. The second-order valence-electron chi connectivity index (χ2n) is 11.9. The van der Waals surface area contributed by atoms with Crippen molar-refractivity contribution in [2.75, 3.05) is 0 Å². The minimum Gasteiger partial charge on any atom is -0.454 e. The Hall–Kier alpha value is -6.24. The van der Waals surface area contributed by atoms with E-state index in [1.54, 1.807) is 6.20 Å². The zero-order valence-electron chi connectivity index (χ0n) is 25.5. The lowest BCUT2D eigenvalue weighted by Gasteiger charge is -2.09. The van der Waals surface area contributed by atoms with Crippen molar-refractivity contribution >= 4 is 64.2 Å². The Morgan fingerprint density at radius 3 is 1.85 bits per heavy atom. The van der Waals surface area contributed by atoms with Crippen LogP contribution in [0.5, 0.6) is 0 Å². The third-order valence-corrected chi connectivity index (χ3v) is 10.1. The largest absolute Gasteiger partial charge is 0.454 e. The predicted octanol–water partition coefficient (Wildman–Crippen LogP) is 11.4. The molecule has 10 aromatic rings. The first-order valence-electron chi connectivity index (χ1n) is 15.8. The maximum atomic E-state index is 6.71. The number of para-hydroxylation sites is 1. The number of fused-ring (bicyclic) bond motifs is 7. The Morgan fingerprint density at radius 1 is 0.458 bits per heavy atom. The van der Waals surface area contributed by atoms with Crippen molar-refractivity contribution in [1.29, 1.82) is 0 Å². The molecule has 0 saturated carbocycles. The van der Waals surface area contributed by atoms with Crippen molar-refractivity contribution in [1.82, 2.24) is 19.9 Å². The normalized spacial score (nSPS) is 11.8. The van der Waals surface area contributed by atoms with Gasteiger partial charge in [0.15, 0.2) is 23.1 Å². The molecule has 4 aromatic heterocycles. The highest BCUT2D eigenvalue weighted by Crippen LogP contribution is 2.45. The van der Waals surface area contributed by atoms with Crippen LogP contribution in [-0.4, -0.2) is 19.9 Å². The fourth-order valence-electron chi connectivity index (χ4n) is 6.80. The van der Waals surface area contributed by atoms with Gasteiger partial charge in [0.05, 0.1) is 6.20 Å². The van der Waals surface area contributed by atoms with Gasteiger partial charge in [-0.1, -0.05) is 115 Å². The van der Waals surface area contributed by atoms with Crippen LogP contribution in [0, 0.1) is 0 Å². The van der Waals surface area contributed by atoms with Gasteiger partial charge in [-0.15, -0.1) is 11.3 Å². The third kappa shape index (κ3) is 4.24. The monoisotopic (exact) mass is 632 g/mol. The Kier molecular flexibility index (Phi) is 5.98. The van der Waals surface area contributed by atoms with Crippen LogP contribution in [0.3, 0.4) is 0 Å². The molecule has 0 atom stereocenters. The number of hydrogen-bond acceptors (Lipinski definition) is 6. The number of thiophene rings is 1. The van der Waals surface area contributed by atoms with Crippen LogP contribution in [-0.2, 0) is 0 Å². The SMILES string of the molecule is c1ccc(-c2nc(-c3ccccc3)nc(-c3cncc4oc5c(-c6cccc7sc8cc9ccccc9cc8c67)cccc5c34)n2)cc1. The summed E-state index contributed by atoms with van der Waals surface area (Å²) in [6.45, 7) is 0. The van der Waals surface area contributed by atoms with Crippen molar-refractivity contribution in [3.63, 3.8) is 0 Å². The molecule has 224 valence electrons. The predicted molar refractivity (Wildman–Crippen MR) is 197 cm³/mol. The molecule has 0 spiro atoms. The summed E-state index contributed by atoms with van der Waals surface area (Å²) in [6, 6.07) is 46.2. The lowest BCUT2D eigenvalue weighted by atomic mass is 9.96. The summed E-state index contributed by atoms with van der Waals surface area (Å²) < 4.78 is 9.23. The fourth-order valence-corrected chi connectivity index (χ4v) is 7.96. The van der Waals surface area contributed by atoms with E-state index in [9.17, 15) is 0 Å². The molecule has 0 fully saturated rings. The summed E-state index contributed by atoms with van der Waals surface area (Å²) in [7, 11) is 0. The summed E-state index contributed by atoms with van der Waals surface area (Å²) in [5.41, 5.74) is 6.32. The molecule has 0 aliphatic rings. The van der Waals surface area contributed by atoms with E-state index in [-0.39, 0.29) is 0 Å². The Labute approximate surface area is 278 Å². The number of furan rings is 1. The molecule has 0 saturated heterocycles. The zero-order valence-corrected chi connectivity index (χ0v) is 26.3. The van der Waals surface area contributed by atoms with E-state index in [0.29, 0.717) is 23.1 Å². The van der Waals surface area contributed by atoms with Gasteiger partial charge in [0.1, 0.15) is 5.58 Å². The molecule has 0 unspecified atom stereocenters. The summed E-state index contributed by atoms with van der Waals surface area (Å²) in [4.78, 5) is 19.5. The van der Waals surface area contributed by atoms with Crippen molar-refractivity contribution in [2.45, 2.75) is 0 Å². The number of aromatic nitrogens is 4. The summed E-state index contributed by atoms with van der Waals surface area (Å²) >= 11 is 1.83. The third-order valence-electron chi connectivity index (χ3n) is 9.00. The van der Waals surface area contributed by atoms with E-state index in [2.05, 4.69) is 77.8 Å². The number of pyridine rings is 1. The summed E-state index contributed by atoms with van der Waals surface area (Å²) in [6.07, 6.45) is 3.62. The smallest absolute Gasteiger partial charge is 0.166 e. The van der Waals surface area contributed by atoms with E-state index in [1.165, 1.54) is 30.9 Å². The van der Waals surface area contributed by atoms with Gasteiger partial charge in [0.2, 0.25) is 0 Å². The molecule has 0 amide bonds. The summed E-state index contributed by atoms with van der Waals surface area (Å²) in [5, 5.41) is 6.91. The molecule has 6 aromatic carbocycles.